The summed E-state index contributed by atoms with van der Waals surface area (Å²) in [5, 5.41) is 0. The molecule has 0 aromatic rings. The fourth-order valence-electron chi connectivity index (χ4n) is 2.16. The minimum Gasteiger partial charge on any atom is -0.379 e. The normalized spacial score (nSPS) is 18.1. The van der Waals surface area contributed by atoms with Gasteiger partial charge in [0.2, 0.25) is 5.91 Å². The van der Waals surface area contributed by atoms with Gasteiger partial charge in [-0.05, 0) is 38.5 Å². The average Bonchev–Trinajstić information content (AvgIpc) is 2.26. The van der Waals surface area contributed by atoms with Crippen LogP contribution in [0.1, 0.15) is 47.0 Å². The Kier molecular flexibility index (Phi) is 5.96. The lowest BCUT2D eigenvalue weighted by molar-refractivity contribution is -0.133. The number of carbonyl (C=O) groups excluding carboxylic acids is 1. The van der Waals surface area contributed by atoms with Gasteiger partial charge in [0.15, 0.2) is 0 Å². The fraction of sp³-hybridized carbons (Fsp3) is 0.929. The van der Waals surface area contributed by atoms with Crippen molar-refractivity contribution in [2.75, 3.05) is 19.7 Å². The van der Waals surface area contributed by atoms with Crippen LogP contribution < -0.4 is 0 Å². The molecule has 0 radical (unpaired) electrons. The Morgan fingerprint density at radius 1 is 1.24 bits per heavy atom. The van der Waals surface area contributed by atoms with Gasteiger partial charge in [0.25, 0.3) is 0 Å². The number of piperidine rings is 1. The number of nitrogens with zero attached hydrogens (tertiary/aromatic N) is 1. The van der Waals surface area contributed by atoms with Gasteiger partial charge in [0.1, 0.15) is 0 Å². The average molecular weight is 241 g/mol. The van der Waals surface area contributed by atoms with Crippen LogP contribution in [0.5, 0.6) is 0 Å². The zero-order chi connectivity index (χ0) is 12.8. The molecule has 0 N–H and O–H groups in total. The van der Waals surface area contributed by atoms with Crippen LogP contribution in [-0.2, 0) is 9.53 Å². The number of hydrogen-bond acceptors (Lipinski definition) is 2. The molecule has 1 aliphatic heterocycles. The number of rotatable bonds is 5. The van der Waals surface area contributed by atoms with Gasteiger partial charge in [-0.3, -0.25) is 4.79 Å². The Bertz CT molecular complexity index is 230. The lowest BCUT2D eigenvalue weighted by atomic mass is 9.97. The van der Waals surface area contributed by atoms with E-state index in [0.29, 0.717) is 30.3 Å². The molecular formula is C14H27NO2. The molecule has 17 heavy (non-hydrogen) atoms. The zero-order valence-electron chi connectivity index (χ0n) is 11.7. The van der Waals surface area contributed by atoms with E-state index >= 15 is 0 Å². The Morgan fingerprint density at radius 2 is 1.82 bits per heavy atom. The van der Waals surface area contributed by atoms with Gasteiger partial charge in [0.05, 0.1) is 6.10 Å². The first-order chi connectivity index (χ1) is 7.99. The molecular weight excluding hydrogens is 214 g/mol. The minimum atomic E-state index is 0.315. The molecule has 1 fully saturated rings. The van der Waals surface area contributed by atoms with Gasteiger partial charge in [-0.25, -0.2) is 0 Å². The highest BCUT2D eigenvalue weighted by molar-refractivity contribution is 5.76. The van der Waals surface area contributed by atoms with Crippen LogP contribution in [0.3, 0.4) is 0 Å². The molecule has 3 nitrogen and oxygen atoms in total. The molecule has 0 unspecified atom stereocenters. The Balaban J connectivity index is 2.23. The second-order valence-electron chi connectivity index (χ2n) is 5.80. The summed E-state index contributed by atoms with van der Waals surface area (Å²) in [5.41, 5.74) is 0. The first kappa shape index (κ1) is 14.5. The van der Waals surface area contributed by atoms with Crippen molar-refractivity contribution < 1.29 is 9.53 Å². The molecule has 1 heterocycles. The second-order valence-corrected chi connectivity index (χ2v) is 5.80. The summed E-state index contributed by atoms with van der Waals surface area (Å²) in [5.74, 6) is 1.42. The monoisotopic (exact) mass is 241 g/mol. The van der Waals surface area contributed by atoms with E-state index < -0.39 is 0 Å². The highest BCUT2D eigenvalue weighted by Gasteiger charge is 2.23. The SMILES string of the molecule is CC(C)CC(=O)N1CCC(COC(C)C)CC1. The maximum atomic E-state index is 11.9. The molecule has 0 aromatic carbocycles. The van der Waals surface area contributed by atoms with Crippen molar-refractivity contribution in [3.05, 3.63) is 0 Å². The van der Waals surface area contributed by atoms with Gasteiger partial charge in [-0.1, -0.05) is 13.8 Å². The standard InChI is InChI=1S/C14H27NO2/c1-11(2)9-14(16)15-7-5-13(6-8-15)10-17-12(3)4/h11-13H,5-10H2,1-4H3. The summed E-state index contributed by atoms with van der Waals surface area (Å²) in [4.78, 5) is 13.9. The number of ether oxygens (including phenoxy) is 1. The Labute approximate surface area is 106 Å². The summed E-state index contributed by atoms with van der Waals surface area (Å²) in [6.07, 6.45) is 3.19. The summed E-state index contributed by atoms with van der Waals surface area (Å²) in [7, 11) is 0. The van der Waals surface area contributed by atoms with E-state index in [-0.39, 0.29) is 0 Å². The van der Waals surface area contributed by atoms with E-state index in [1.165, 1.54) is 0 Å². The van der Waals surface area contributed by atoms with Crippen molar-refractivity contribution in [3.8, 4) is 0 Å². The number of amides is 1. The lowest BCUT2D eigenvalue weighted by Gasteiger charge is -2.32. The third kappa shape index (κ3) is 5.53. The molecule has 1 aliphatic rings. The third-order valence-electron chi connectivity index (χ3n) is 3.22. The van der Waals surface area contributed by atoms with Crippen LogP contribution in [0, 0.1) is 11.8 Å². The van der Waals surface area contributed by atoms with E-state index in [9.17, 15) is 4.79 Å². The number of hydrogen-bond donors (Lipinski definition) is 0. The van der Waals surface area contributed by atoms with E-state index in [4.69, 9.17) is 4.74 Å². The van der Waals surface area contributed by atoms with Crippen LogP contribution in [0.2, 0.25) is 0 Å². The fourth-order valence-corrected chi connectivity index (χ4v) is 2.16. The summed E-state index contributed by atoms with van der Waals surface area (Å²) in [6, 6.07) is 0. The van der Waals surface area contributed by atoms with Crippen molar-refractivity contribution in [3.63, 3.8) is 0 Å². The molecule has 100 valence electrons. The van der Waals surface area contributed by atoms with Gasteiger partial charge in [-0.15, -0.1) is 0 Å². The Hall–Kier alpha value is -0.570. The Morgan fingerprint density at radius 3 is 2.29 bits per heavy atom. The highest BCUT2D eigenvalue weighted by Crippen LogP contribution is 2.19. The molecule has 0 atom stereocenters. The van der Waals surface area contributed by atoms with Crippen LogP contribution in [0.15, 0.2) is 0 Å². The van der Waals surface area contributed by atoms with Crippen LogP contribution in [0.25, 0.3) is 0 Å². The third-order valence-corrected chi connectivity index (χ3v) is 3.22. The minimum absolute atomic E-state index is 0.315. The van der Waals surface area contributed by atoms with Gasteiger partial charge >= 0.3 is 0 Å². The maximum Gasteiger partial charge on any atom is 0.222 e. The predicted molar refractivity (Wildman–Crippen MR) is 69.8 cm³/mol. The quantitative estimate of drug-likeness (QED) is 0.740. The van der Waals surface area contributed by atoms with Crippen molar-refractivity contribution in [1.82, 2.24) is 4.90 Å². The van der Waals surface area contributed by atoms with E-state index in [1.807, 2.05) is 4.90 Å². The van der Waals surface area contributed by atoms with Gasteiger partial charge < -0.3 is 9.64 Å². The number of likely N-dealkylation sites (tertiary alicyclic amines) is 1. The summed E-state index contributed by atoms with van der Waals surface area (Å²) < 4.78 is 5.64. The van der Waals surface area contributed by atoms with Gasteiger partial charge in [0, 0.05) is 26.1 Å². The summed E-state index contributed by atoms with van der Waals surface area (Å²) in [6.45, 7) is 11.0. The zero-order valence-corrected chi connectivity index (χ0v) is 11.7. The topological polar surface area (TPSA) is 29.5 Å². The molecule has 0 aliphatic carbocycles. The molecule has 0 saturated carbocycles. The van der Waals surface area contributed by atoms with E-state index in [0.717, 1.165) is 32.5 Å². The molecule has 1 amide bonds. The van der Waals surface area contributed by atoms with Crippen molar-refractivity contribution in [2.45, 2.75) is 53.1 Å². The largest absolute Gasteiger partial charge is 0.379 e. The van der Waals surface area contributed by atoms with E-state index in [2.05, 4.69) is 27.7 Å². The molecule has 0 aromatic heterocycles. The summed E-state index contributed by atoms with van der Waals surface area (Å²) >= 11 is 0. The molecule has 1 saturated heterocycles. The van der Waals surface area contributed by atoms with Crippen LogP contribution in [-0.4, -0.2) is 36.6 Å². The maximum absolute atomic E-state index is 11.9. The van der Waals surface area contributed by atoms with Gasteiger partial charge in [-0.2, -0.15) is 0 Å². The number of carbonyl (C=O) groups is 1. The van der Waals surface area contributed by atoms with Crippen molar-refractivity contribution in [2.24, 2.45) is 11.8 Å². The van der Waals surface area contributed by atoms with E-state index in [1.54, 1.807) is 0 Å². The molecule has 0 spiro atoms. The van der Waals surface area contributed by atoms with Crippen molar-refractivity contribution in [1.29, 1.82) is 0 Å². The molecule has 1 rings (SSSR count). The van der Waals surface area contributed by atoms with Crippen LogP contribution >= 0.6 is 0 Å². The first-order valence-electron chi connectivity index (χ1n) is 6.88. The predicted octanol–water partition coefficient (Wildman–Crippen LogP) is 2.70. The second kappa shape index (κ2) is 7.00. The smallest absolute Gasteiger partial charge is 0.222 e. The van der Waals surface area contributed by atoms with Crippen LogP contribution in [0.4, 0.5) is 0 Å². The molecule has 0 bridgehead atoms. The lowest BCUT2D eigenvalue weighted by Crippen LogP contribution is -2.40. The van der Waals surface area contributed by atoms with Crippen molar-refractivity contribution >= 4 is 5.91 Å². The highest BCUT2D eigenvalue weighted by atomic mass is 16.5. The first-order valence-corrected chi connectivity index (χ1v) is 6.88. The molecule has 3 heteroatoms.